The van der Waals surface area contributed by atoms with E-state index in [9.17, 15) is 4.79 Å². The number of carboxylic acid groups (broad SMARTS) is 1. The highest BCUT2D eigenvalue weighted by Crippen LogP contribution is 2.23. The Labute approximate surface area is 148 Å². The quantitative estimate of drug-likeness (QED) is 0.397. The molecular weight excluding hydrogens is 356 g/mol. The monoisotopic (exact) mass is 384 g/mol. The van der Waals surface area contributed by atoms with Gasteiger partial charge >= 0.3 is 5.97 Å². The Balaban J connectivity index is 2.08. The van der Waals surface area contributed by atoms with Crippen LogP contribution < -0.4 is 4.74 Å². The second kappa shape index (κ2) is 12.4. The summed E-state index contributed by atoms with van der Waals surface area (Å²) >= 11 is 3.28. The summed E-state index contributed by atoms with van der Waals surface area (Å²) in [6.45, 7) is 2.83. The predicted octanol–water partition coefficient (Wildman–Crippen LogP) is 6.45. The number of carboxylic acids is 1. The molecule has 23 heavy (non-hydrogen) atoms. The molecule has 1 aromatic rings. The molecule has 0 aliphatic carbocycles. The van der Waals surface area contributed by atoms with Crippen LogP contribution in [0.15, 0.2) is 22.7 Å². The van der Waals surface area contributed by atoms with Gasteiger partial charge in [0, 0.05) is 4.47 Å². The third-order valence-corrected chi connectivity index (χ3v) is 4.42. The van der Waals surface area contributed by atoms with E-state index >= 15 is 0 Å². The number of halogens is 1. The summed E-state index contributed by atoms with van der Waals surface area (Å²) in [7, 11) is 0. The second-order valence-corrected chi connectivity index (χ2v) is 6.89. The molecule has 0 heterocycles. The van der Waals surface area contributed by atoms with Crippen LogP contribution in [0.3, 0.4) is 0 Å². The molecule has 0 bridgehead atoms. The summed E-state index contributed by atoms with van der Waals surface area (Å²) in [4.78, 5) is 11.2. The van der Waals surface area contributed by atoms with Gasteiger partial charge < -0.3 is 9.84 Å². The number of unbranched alkanes of at least 4 members (excludes halogenated alkanes) is 9. The highest BCUT2D eigenvalue weighted by atomic mass is 79.9. The summed E-state index contributed by atoms with van der Waals surface area (Å²) in [6, 6.07) is 5.10. The van der Waals surface area contributed by atoms with Crippen molar-refractivity contribution in [3.8, 4) is 5.75 Å². The third-order valence-electron chi connectivity index (χ3n) is 3.93. The van der Waals surface area contributed by atoms with Crippen molar-refractivity contribution in [3.63, 3.8) is 0 Å². The van der Waals surface area contributed by atoms with Crippen LogP contribution in [0.25, 0.3) is 0 Å². The number of hydrogen-bond acceptors (Lipinski definition) is 2. The minimum absolute atomic E-state index is 0.214. The van der Waals surface area contributed by atoms with Crippen molar-refractivity contribution >= 4 is 21.9 Å². The summed E-state index contributed by atoms with van der Waals surface area (Å²) in [6.07, 6.45) is 12.8. The highest BCUT2D eigenvalue weighted by molar-refractivity contribution is 9.10. The Morgan fingerprint density at radius 3 is 2.13 bits per heavy atom. The second-order valence-electron chi connectivity index (χ2n) is 5.98. The fraction of sp³-hybridized carbons (Fsp3) is 0.632. The van der Waals surface area contributed by atoms with Crippen LogP contribution in [-0.2, 0) is 0 Å². The maximum atomic E-state index is 11.2. The van der Waals surface area contributed by atoms with Gasteiger partial charge in [-0.05, 0) is 24.6 Å². The number of carbonyl (C=O) groups is 1. The third kappa shape index (κ3) is 8.99. The zero-order valence-corrected chi connectivity index (χ0v) is 15.7. The zero-order valence-electron chi connectivity index (χ0n) is 14.2. The van der Waals surface area contributed by atoms with Crippen molar-refractivity contribution in [3.05, 3.63) is 28.2 Å². The van der Waals surface area contributed by atoms with Crippen LogP contribution in [0.1, 0.15) is 81.5 Å². The lowest BCUT2D eigenvalue weighted by atomic mass is 10.1. The Kier molecular flexibility index (Phi) is 10.8. The van der Waals surface area contributed by atoms with Crippen LogP contribution >= 0.6 is 15.9 Å². The van der Waals surface area contributed by atoms with E-state index < -0.39 is 5.97 Å². The van der Waals surface area contributed by atoms with Crippen molar-refractivity contribution in [1.82, 2.24) is 0 Å². The van der Waals surface area contributed by atoms with Crippen molar-refractivity contribution < 1.29 is 14.6 Å². The highest BCUT2D eigenvalue weighted by Gasteiger charge is 2.11. The van der Waals surface area contributed by atoms with Gasteiger partial charge in [0.15, 0.2) is 0 Å². The average Bonchev–Trinajstić information content (AvgIpc) is 2.53. The van der Waals surface area contributed by atoms with E-state index in [0.29, 0.717) is 12.4 Å². The van der Waals surface area contributed by atoms with Crippen LogP contribution in [0.5, 0.6) is 5.75 Å². The van der Waals surface area contributed by atoms with Crippen molar-refractivity contribution in [2.75, 3.05) is 6.61 Å². The van der Waals surface area contributed by atoms with E-state index in [2.05, 4.69) is 22.9 Å². The molecule has 0 aliphatic rings. The zero-order chi connectivity index (χ0) is 16.9. The fourth-order valence-electron chi connectivity index (χ4n) is 2.57. The molecule has 0 saturated carbocycles. The molecule has 4 heteroatoms. The van der Waals surface area contributed by atoms with Gasteiger partial charge in [0.05, 0.1) is 6.61 Å². The summed E-state index contributed by atoms with van der Waals surface area (Å²) in [5.74, 6) is -0.499. The lowest BCUT2D eigenvalue weighted by Gasteiger charge is -2.09. The van der Waals surface area contributed by atoms with E-state index in [0.717, 1.165) is 17.3 Å². The molecule has 0 amide bonds. The molecular formula is C19H29BrO3. The number of hydrogen-bond donors (Lipinski definition) is 1. The van der Waals surface area contributed by atoms with Gasteiger partial charge in [-0.2, -0.15) is 0 Å². The predicted molar refractivity (Wildman–Crippen MR) is 98.4 cm³/mol. The smallest absolute Gasteiger partial charge is 0.339 e. The average molecular weight is 385 g/mol. The molecule has 1 rings (SSSR count). The lowest BCUT2D eigenvalue weighted by Crippen LogP contribution is -2.04. The molecule has 0 saturated heterocycles. The van der Waals surface area contributed by atoms with Crippen LogP contribution in [0, 0.1) is 0 Å². The van der Waals surface area contributed by atoms with Crippen LogP contribution in [0.4, 0.5) is 0 Å². The van der Waals surface area contributed by atoms with Crippen LogP contribution in [0.2, 0.25) is 0 Å². The number of benzene rings is 1. The maximum absolute atomic E-state index is 11.2. The first-order chi connectivity index (χ1) is 11.1. The van der Waals surface area contributed by atoms with E-state index in [1.54, 1.807) is 18.2 Å². The van der Waals surface area contributed by atoms with Crippen molar-refractivity contribution in [2.24, 2.45) is 0 Å². The largest absolute Gasteiger partial charge is 0.493 e. The number of ether oxygens (including phenoxy) is 1. The van der Waals surface area contributed by atoms with E-state index in [1.165, 1.54) is 51.4 Å². The Bertz CT molecular complexity index is 460. The molecule has 0 aromatic heterocycles. The molecule has 0 radical (unpaired) electrons. The first kappa shape index (κ1) is 20.0. The number of rotatable bonds is 13. The van der Waals surface area contributed by atoms with Gasteiger partial charge in [-0.15, -0.1) is 0 Å². The molecule has 0 unspecified atom stereocenters. The van der Waals surface area contributed by atoms with Gasteiger partial charge in [0.2, 0.25) is 0 Å². The van der Waals surface area contributed by atoms with E-state index in [4.69, 9.17) is 9.84 Å². The van der Waals surface area contributed by atoms with Gasteiger partial charge in [0.25, 0.3) is 0 Å². The van der Waals surface area contributed by atoms with Gasteiger partial charge in [-0.25, -0.2) is 4.79 Å². The Hall–Kier alpha value is -1.03. The topological polar surface area (TPSA) is 46.5 Å². The lowest BCUT2D eigenvalue weighted by molar-refractivity contribution is 0.0692. The molecule has 1 N–H and O–H groups in total. The normalized spacial score (nSPS) is 10.7. The van der Waals surface area contributed by atoms with Gasteiger partial charge in [0.1, 0.15) is 11.3 Å². The standard InChI is InChI=1S/C19H29BrO3/c1-2-3-4-5-6-7-8-9-10-11-14-23-18-13-12-16(20)15-17(18)19(21)22/h12-13,15H,2-11,14H2,1H3,(H,21,22). The van der Waals surface area contributed by atoms with E-state index in [-0.39, 0.29) is 5.56 Å². The first-order valence-corrected chi connectivity index (χ1v) is 9.60. The molecule has 0 atom stereocenters. The minimum atomic E-state index is -0.954. The molecule has 0 aliphatic heterocycles. The Morgan fingerprint density at radius 1 is 1.00 bits per heavy atom. The first-order valence-electron chi connectivity index (χ1n) is 8.80. The van der Waals surface area contributed by atoms with Gasteiger partial charge in [-0.3, -0.25) is 0 Å². The molecule has 130 valence electrons. The molecule has 0 spiro atoms. The fourth-order valence-corrected chi connectivity index (χ4v) is 2.93. The van der Waals surface area contributed by atoms with Crippen molar-refractivity contribution in [1.29, 1.82) is 0 Å². The summed E-state index contributed by atoms with van der Waals surface area (Å²) < 4.78 is 6.37. The molecule has 0 fully saturated rings. The molecule has 1 aromatic carbocycles. The van der Waals surface area contributed by atoms with E-state index in [1.807, 2.05) is 0 Å². The van der Waals surface area contributed by atoms with Crippen LogP contribution in [-0.4, -0.2) is 17.7 Å². The minimum Gasteiger partial charge on any atom is -0.493 e. The summed E-state index contributed by atoms with van der Waals surface area (Å²) in [5, 5.41) is 9.17. The summed E-state index contributed by atoms with van der Waals surface area (Å²) in [5.41, 5.74) is 0.214. The SMILES string of the molecule is CCCCCCCCCCCCOc1ccc(Br)cc1C(=O)O. The molecule has 3 nitrogen and oxygen atoms in total. The Morgan fingerprint density at radius 2 is 1.57 bits per heavy atom. The van der Waals surface area contributed by atoms with Crippen molar-refractivity contribution in [2.45, 2.75) is 71.1 Å². The number of aromatic carboxylic acids is 1. The van der Waals surface area contributed by atoms with Gasteiger partial charge in [-0.1, -0.05) is 80.6 Å². The maximum Gasteiger partial charge on any atom is 0.339 e.